The van der Waals surface area contributed by atoms with Gasteiger partial charge in [0.2, 0.25) is 5.91 Å². The second kappa shape index (κ2) is 47.3. The molecule has 76 heavy (non-hydrogen) atoms. The van der Waals surface area contributed by atoms with Gasteiger partial charge in [0.1, 0.15) is 48.8 Å². The monoisotopic (exact) mass is 1080 g/mol. The summed E-state index contributed by atoms with van der Waals surface area (Å²) in [6.45, 7) is 2.75. The first-order valence-electron chi connectivity index (χ1n) is 30.2. The fraction of sp³-hybridized carbons (Fsp3) is 0.790. The van der Waals surface area contributed by atoms with Gasteiger partial charge in [0.25, 0.3) is 0 Å². The Kier molecular flexibility index (Phi) is 43.2. The van der Waals surface area contributed by atoms with Crippen molar-refractivity contribution in [3.63, 3.8) is 0 Å². The molecule has 14 heteroatoms. The summed E-state index contributed by atoms with van der Waals surface area (Å²) in [5, 5.41) is 87.1. The Labute approximate surface area is 459 Å². The molecule has 2 aliphatic heterocycles. The number of nitrogens with one attached hydrogen (secondary N) is 1. The van der Waals surface area contributed by atoms with Gasteiger partial charge >= 0.3 is 0 Å². The number of aliphatic hydroxyl groups is 8. The van der Waals surface area contributed by atoms with Crippen molar-refractivity contribution in [3.8, 4) is 0 Å². The number of ether oxygens (including phenoxy) is 4. The molecule has 2 aliphatic rings. The minimum absolute atomic E-state index is 0.258. The number of carbonyl (C=O) groups excluding carboxylic acids is 1. The Morgan fingerprint density at radius 3 is 1.38 bits per heavy atom. The SMILES string of the molecule is CCCCCCC/C=C\C/C=C\C/C=C\CCCCCCCCCCC(=O)NC(COC1OC(CO)C(OC2OC(CO)C(O)C(O)C2O)C(O)C1O)C(O)/C=C/CC/C=C/CC/C=C/CCCCCCCCCCC. The summed E-state index contributed by atoms with van der Waals surface area (Å²) in [7, 11) is 0. The van der Waals surface area contributed by atoms with E-state index in [1.54, 1.807) is 6.08 Å². The van der Waals surface area contributed by atoms with Crippen LogP contribution in [-0.2, 0) is 23.7 Å². The average molecular weight is 1080 g/mol. The fourth-order valence-electron chi connectivity index (χ4n) is 9.45. The third-order valence-electron chi connectivity index (χ3n) is 14.3. The predicted molar refractivity (Wildman–Crippen MR) is 304 cm³/mol. The van der Waals surface area contributed by atoms with Gasteiger partial charge in [-0.05, 0) is 83.5 Å². The lowest BCUT2D eigenvalue weighted by atomic mass is 9.97. The number of aliphatic hydroxyl groups excluding tert-OH is 8. The third kappa shape index (κ3) is 32.5. The van der Waals surface area contributed by atoms with E-state index in [9.17, 15) is 45.6 Å². The predicted octanol–water partition coefficient (Wildman–Crippen LogP) is 10.3. The molecule has 0 aromatic carbocycles. The molecule has 0 bridgehead atoms. The van der Waals surface area contributed by atoms with E-state index in [-0.39, 0.29) is 18.9 Å². The van der Waals surface area contributed by atoms with Crippen molar-refractivity contribution in [2.75, 3.05) is 19.8 Å². The first-order valence-corrected chi connectivity index (χ1v) is 30.2. The van der Waals surface area contributed by atoms with Crippen molar-refractivity contribution in [2.45, 2.75) is 293 Å². The molecule has 440 valence electrons. The molecule has 2 heterocycles. The maximum absolute atomic E-state index is 13.3. The zero-order valence-electron chi connectivity index (χ0n) is 47.2. The standard InChI is InChI=1S/C62H109NO13/c1-3-5-7-9-11-13-15-17-19-21-23-24-25-26-28-30-32-34-36-38-40-42-44-46-54(67)63-50(51(66)45-43-41-39-37-35-33-31-29-27-22-20-18-16-14-12-10-8-6-4-2)49-73-61-59(72)57(70)60(53(48-65)75-61)76-62-58(71)56(69)55(68)52(47-64)74-62/h15,17,21,23,25-27,29,35,37,43,45,50-53,55-62,64-66,68-72H,3-14,16,18-20,22,24,28,30-34,36,38-42,44,46-49H2,1-2H3,(H,63,67)/b17-15-,23-21-,26-25-,29-27+,37-35+,45-43+. The molecule has 12 atom stereocenters. The highest BCUT2D eigenvalue weighted by atomic mass is 16.7. The minimum atomic E-state index is -1.80. The van der Waals surface area contributed by atoms with Gasteiger partial charge in [-0.15, -0.1) is 0 Å². The lowest BCUT2D eigenvalue weighted by molar-refractivity contribution is -0.359. The maximum Gasteiger partial charge on any atom is 0.220 e. The molecule has 0 aromatic rings. The van der Waals surface area contributed by atoms with Crippen molar-refractivity contribution >= 4 is 5.91 Å². The smallest absolute Gasteiger partial charge is 0.220 e. The van der Waals surface area contributed by atoms with Crippen LogP contribution < -0.4 is 5.32 Å². The Bertz CT molecular complexity index is 1550. The first-order chi connectivity index (χ1) is 37.1. The largest absolute Gasteiger partial charge is 0.394 e. The quantitative estimate of drug-likeness (QED) is 0.0204. The van der Waals surface area contributed by atoms with E-state index in [1.165, 1.54) is 116 Å². The molecule has 0 aromatic heterocycles. The molecule has 0 radical (unpaired) electrons. The molecular formula is C62H109NO13. The van der Waals surface area contributed by atoms with Gasteiger partial charge in [-0.3, -0.25) is 4.79 Å². The summed E-state index contributed by atoms with van der Waals surface area (Å²) < 4.78 is 22.7. The summed E-state index contributed by atoms with van der Waals surface area (Å²) in [4.78, 5) is 13.3. The molecular weight excluding hydrogens is 967 g/mol. The van der Waals surface area contributed by atoms with Crippen molar-refractivity contribution in [1.82, 2.24) is 5.32 Å². The van der Waals surface area contributed by atoms with Crippen LogP contribution in [0.4, 0.5) is 0 Å². The average Bonchev–Trinajstić information content (AvgIpc) is 3.42. The third-order valence-corrected chi connectivity index (χ3v) is 14.3. The van der Waals surface area contributed by atoms with Gasteiger partial charge in [-0.2, -0.15) is 0 Å². The molecule has 14 nitrogen and oxygen atoms in total. The highest BCUT2D eigenvalue weighted by Gasteiger charge is 2.51. The van der Waals surface area contributed by atoms with E-state index < -0.39 is 86.8 Å². The zero-order valence-corrected chi connectivity index (χ0v) is 47.2. The molecule has 1 amide bonds. The minimum Gasteiger partial charge on any atom is -0.394 e. The lowest BCUT2D eigenvalue weighted by Gasteiger charge is -2.46. The lowest BCUT2D eigenvalue weighted by Crippen LogP contribution is -2.65. The van der Waals surface area contributed by atoms with E-state index in [1.807, 2.05) is 6.08 Å². The maximum atomic E-state index is 13.3. The second-order valence-electron chi connectivity index (χ2n) is 21.1. The summed E-state index contributed by atoms with van der Waals surface area (Å²) in [6.07, 6.45) is 45.0. The van der Waals surface area contributed by atoms with Crippen LogP contribution in [0.25, 0.3) is 0 Å². The van der Waals surface area contributed by atoms with Crippen LogP contribution in [0.2, 0.25) is 0 Å². The Balaban J connectivity index is 1.80. The summed E-state index contributed by atoms with van der Waals surface area (Å²) in [5.41, 5.74) is 0. The number of allylic oxidation sites excluding steroid dienone is 11. The van der Waals surface area contributed by atoms with E-state index in [0.717, 1.165) is 70.6 Å². The molecule has 0 saturated carbocycles. The van der Waals surface area contributed by atoms with Gasteiger partial charge in [-0.1, -0.05) is 202 Å². The zero-order chi connectivity index (χ0) is 55.3. The first kappa shape index (κ1) is 69.5. The number of hydrogen-bond donors (Lipinski definition) is 9. The van der Waals surface area contributed by atoms with Crippen molar-refractivity contribution < 1.29 is 64.6 Å². The molecule has 2 rings (SSSR count). The number of carbonyl (C=O) groups is 1. The van der Waals surface area contributed by atoms with Gasteiger partial charge in [0.05, 0.1) is 32.0 Å². The molecule has 2 saturated heterocycles. The topological polar surface area (TPSA) is 228 Å². The molecule has 0 spiro atoms. The van der Waals surface area contributed by atoms with Crippen LogP contribution in [0, 0.1) is 0 Å². The molecule has 2 fully saturated rings. The summed E-state index contributed by atoms with van der Waals surface area (Å²) in [5.74, 6) is -0.263. The number of hydrogen-bond acceptors (Lipinski definition) is 13. The van der Waals surface area contributed by atoms with Crippen LogP contribution in [0.1, 0.15) is 219 Å². The fourth-order valence-corrected chi connectivity index (χ4v) is 9.45. The molecule has 0 aliphatic carbocycles. The van der Waals surface area contributed by atoms with Crippen molar-refractivity contribution in [1.29, 1.82) is 0 Å². The van der Waals surface area contributed by atoms with Crippen LogP contribution in [0.15, 0.2) is 72.9 Å². The highest BCUT2D eigenvalue weighted by Crippen LogP contribution is 2.30. The van der Waals surface area contributed by atoms with Crippen LogP contribution >= 0.6 is 0 Å². The van der Waals surface area contributed by atoms with Crippen LogP contribution in [0.5, 0.6) is 0 Å². The van der Waals surface area contributed by atoms with E-state index in [0.29, 0.717) is 12.8 Å². The summed E-state index contributed by atoms with van der Waals surface area (Å²) >= 11 is 0. The highest BCUT2D eigenvalue weighted by molar-refractivity contribution is 5.76. The molecule has 12 unspecified atom stereocenters. The van der Waals surface area contributed by atoms with Gasteiger partial charge in [-0.25, -0.2) is 0 Å². The van der Waals surface area contributed by atoms with Crippen molar-refractivity contribution in [2.24, 2.45) is 0 Å². The van der Waals surface area contributed by atoms with Crippen molar-refractivity contribution in [3.05, 3.63) is 72.9 Å². The number of amides is 1. The summed E-state index contributed by atoms with van der Waals surface area (Å²) in [6, 6.07) is -0.946. The van der Waals surface area contributed by atoms with E-state index in [2.05, 4.69) is 79.9 Å². The normalized spacial score (nSPS) is 25.4. The van der Waals surface area contributed by atoms with Gasteiger partial charge in [0, 0.05) is 6.42 Å². The van der Waals surface area contributed by atoms with Crippen LogP contribution in [0.3, 0.4) is 0 Å². The molecule has 9 N–H and O–H groups in total. The Morgan fingerprint density at radius 1 is 0.474 bits per heavy atom. The van der Waals surface area contributed by atoms with Crippen LogP contribution in [-0.4, -0.2) is 140 Å². The van der Waals surface area contributed by atoms with E-state index >= 15 is 0 Å². The Hall–Kier alpha value is -2.57. The van der Waals surface area contributed by atoms with Gasteiger partial charge < -0.3 is 65.1 Å². The second-order valence-corrected chi connectivity index (χ2v) is 21.1. The Morgan fingerprint density at radius 2 is 0.882 bits per heavy atom. The number of rotatable bonds is 47. The van der Waals surface area contributed by atoms with E-state index in [4.69, 9.17) is 18.9 Å². The van der Waals surface area contributed by atoms with Gasteiger partial charge in [0.15, 0.2) is 12.6 Å². The number of unbranched alkanes of at least 4 members (excludes halogenated alkanes) is 24.